The van der Waals surface area contributed by atoms with Crippen LogP contribution in [0.15, 0.2) is 36.0 Å². The monoisotopic (exact) mass is 387 g/mol. The molecule has 2 unspecified atom stereocenters. The number of para-hydroxylation sites is 1. The van der Waals surface area contributed by atoms with Gasteiger partial charge in [-0.15, -0.1) is 0 Å². The zero-order valence-electron chi connectivity index (χ0n) is 17.1. The third kappa shape index (κ3) is 4.28. The summed E-state index contributed by atoms with van der Waals surface area (Å²) < 4.78 is 16.1. The topological polar surface area (TPSA) is 65.1 Å². The van der Waals surface area contributed by atoms with Gasteiger partial charge in [0.25, 0.3) is 0 Å². The normalized spacial score (nSPS) is 22.9. The van der Waals surface area contributed by atoms with E-state index in [2.05, 4.69) is 19.9 Å². The highest BCUT2D eigenvalue weighted by Crippen LogP contribution is 2.46. The number of carbonyl (C=O) groups is 2. The van der Waals surface area contributed by atoms with E-state index >= 15 is 0 Å². The lowest BCUT2D eigenvalue weighted by Gasteiger charge is -2.24. The minimum absolute atomic E-state index is 0.0448. The molecule has 2 aliphatic heterocycles. The van der Waals surface area contributed by atoms with Gasteiger partial charge in [-0.25, -0.2) is 4.79 Å². The van der Waals surface area contributed by atoms with Crippen LogP contribution < -0.4 is 4.90 Å². The van der Waals surface area contributed by atoms with Crippen molar-refractivity contribution in [2.24, 2.45) is 0 Å². The minimum atomic E-state index is -0.723. The van der Waals surface area contributed by atoms with Crippen molar-refractivity contribution >= 4 is 17.4 Å². The number of nitrogens with zero attached hydrogens (tertiary/aromatic N) is 1. The SMILES string of the molecule is CC(OCC1CCCO1)C(=O)OCC(=O)/C=C1\N(C)c2ccccc2C1(C)C. The molecular formula is C22H29NO5. The summed E-state index contributed by atoms with van der Waals surface area (Å²) in [5, 5.41) is 0. The highest BCUT2D eigenvalue weighted by molar-refractivity contribution is 5.94. The van der Waals surface area contributed by atoms with E-state index in [1.807, 2.05) is 30.1 Å². The molecule has 0 aromatic heterocycles. The Morgan fingerprint density at radius 2 is 2.11 bits per heavy atom. The lowest BCUT2D eigenvalue weighted by molar-refractivity contribution is -0.159. The molecule has 0 bridgehead atoms. The Morgan fingerprint density at radius 3 is 2.79 bits per heavy atom. The van der Waals surface area contributed by atoms with Crippen LogP contribution in [0.1, 0.15) is 39.2 Å². The number of ketones is 1. The van der Waals surface area contributed by atoms with Gasteiger partial charge in [0.1, 0.15) is 0 Å². The molecule has 6 nitrogen and oxygen atoms in total. The van der Waals surface area contributed by atoms with E-state index in [0.717, 1.165) is 30.8 Å². The minimum Gasteiger partial charge on any atom is -0.455 e. The Bertz CT molecular complexity index is 764. The van der Waals surface area contributed by atoms with Crippen molar-refractivity contribution in [1.82, 2.24) is 0 Å². The van der Waals surface area contributed by atoms with Crippen LogP contribution >= 0.6 is 0 Å². The molecule has 1 aromatic rings. The van der Waals surface area contributed by atoms with Gasteiger partial charge in [-0.3, -0.25) is 4.79 Å². The molecule has 0 saturated carbocycles. The largest absolute Gasteiger partial charge is 0.455 e. The predicted octanol–water partition coefficient (Wildman–Crippen LogP) is 2.99. The Labute approximate surface area is 166 Å². The van der Waals surface area contributed by atoms with Crippen LogP contribution in [0.25, 0.3) is 0 Å². The summed E-state index contributed by atoms with van der Waals surface area (Å²) in [6.07, 6.45) is 2.86. The predicted molar refractivity (Wildman–Crippen MR) is 106 cm³/mol. The maximum atomic E-state index is 12.4. The van der Waals surface area contributed by atoms with E-state index in [1.54, 1.807) is 13.0 Å². The van der Waals surface area contributed by atoms with Crippen LogP contribution in [0.2, 0.25) is 0 Å². The number of ether oxygens (including phenoxy) is 3. The van der Waals surface area contributed by atoms with Crippen LogP contribution in [0.5, 0.6) is 0 Å². The molecule has 28 heavy (non-hydrogen) atoms. The second kappa shape index (κ2) is 8.45. The first kappa shape index (κ1) is 20.6. The van der Waals surface area contributed by atoms with Gasteiger partial charge in [0.2, 0.25) is 0 Å². The molecule has 2 atom stereocenters. The van der Waals surface area contributed by atoms with Gasteiger partial charge in [-0.1, -0.05) is 32.0 Å². The summed E-state index contributed by atoms with van der Waals surface area (Å²) in [5.41, 5.74) is 2.85. The fourth-order valence-corrected chi connectivity index (χ4v) is 3.81. The average Bonchev–Trinajstić information content (AvgIpc) is 3.26. The molecule has 0 radical (unpaired) electrons. The van der Waals surface area contributed by atoms with Crippen LogP contribution in [-0.4, -0.2) is 50.8 Å². The van der Waals surface area contributed by atoms with Crippen molar-refractivity contribution in [2.45, 2.75) is 51.2 Å². The number of esters is 1. The van der Waals surface area contributed by atoms with Gasteiger partial charge in [-0.2, -0.15) is 0 Å². The van der Waals surface area contributed by atoms with E-state index in [-0.39, 0.29) is 23.9 Å². The van der Waals surface area contributed by atoms with Gasteiger partial charge in [-0.05, 0) is 31.4 Å². The molecule has 0 amide bonds. The third-order valence-electron chi connectivity index (χ3n) is 5.48. The van der Waals surface area contributed by atoms with Crippen LogP contribution in [0.4, 0.5) is 5.69 Å². The van der Waals surface area contributed by atoms with Crippen molar-refractivity contribution < 1.29 is 23.8 Å². The maximum absolute atomic E-state index is 12.4. The molecule has 0 N–H and O–H groups in total. The van der Waals surface area contributed by atoms with Crippen molar-refractivity contribution in [1.29, 1.82) is 0 Å². The van der Waals surface area contributed by atoms with Gasteiger partial charge in [0.15, 0.2) is 18.5 Å². The summed E-state index contributed by atoms with van der Waals surface area (Å²) in [6, 6.07) is 8.09. The van der Waals surface area contributed by atoms with Gasteiger partial charge in [0, 0.05) is 36.5 Å². The van der Waals surface area contributed by atoms with E-state index < -0.39 is 12.1 Å². The molecule has 1 aromatic carbocycles. The second-order valence-electron chi connectivity index (χ2n) is 7.92. The Morgan fingerprint density at radius 1 is 1.36 bits per heavy atom. The molecule has 152 valence electrons. The number of benzene rings is 1. The Balaban J connectivity index is 1.54. The first-order valence-corrected chi connectivity index (χ1v) is 9.79. The van der Waals surface area contributed by atoms with E-state index in [0.29, 0.717) is 6.61 Å². The summed E-state index contributed by atoms with van der Waals surface area (Å²) >= 11 is 0. The van der Waals surface area contributed by atoms with Gasteiger partial charge in [0.05, 0.1) is 12.7 Å². The third-order valence-corrected chi connectivity index (χ3v) is 5.48. The quantitative estimate of drug-likeness (QED) is 0.529. The zero-order valence-corrected chi connectivity index (χ0v) is 17.1. The van der Waals surface area contributed by atoms with E-state index in [4.69, 9.17) is 14.2 Å². The fraction of sp³-hybridized carbons (Fsp3) is 0.545. The van der Waals surface area contributed by atoms with Crippen molar-refractivity contribution in [3.05, 3.63) is 41.6 Å². The van der Waals surface area contributed by atoms with Gasteiger partial charge >= 0.3 is 5.97 Å². The number of likely N-dealkylation sites (N-methyl/N-ethyl adjacent to an activating group) is 1. The van der Waals surface area contributed by atoms with Gasteiger partial charge < -0.3 is 19.1 Å². The number of allylic oxidation sites excluding steroid dienone is 1. The molecular weight excluding hydrogens is 358 g/mol. The molecule has 0 aliphatic carbocycles. The van der Waals surface area contributed by atoms with Crippen molar-refractivity contribution in [2.75, 3.05) is 31.8 Å². The summed E-state index contributed by atoms with van der Waals surface area (Å²) in [6.45, 7) is 6.61. The molecule has 3 rings (SSSR count). The van der Waals surface area contributed by atoms with Crippen LogP contribution in [0, 0.1) is 0 Å². The highest BCUT2D eigenvalue weighted by atomic mass is 16.6. The number of hydrogen-bond acceptors (Lipinski definition) is 6. The number of fused-ring (bicyclic) bond motifs is 1. The number of carbonyl (C=O) groups excluding carboxylic acids is 2. The maximum Gasteiger partial charge on any atom is 0.335 e. The smallest absolute Gasteiger partial charge is 0.335 e. The number of hydrogen-bond donors (Lipinski definition) is 0. The van der Waals surface area contributed by atoms with Crippen molar-refractivity contribution in [3.8, 4) is 0 Å². The lowest BCUT2D eigenvalue weighted by atomic mass is 9.83. The molecule has 2 aliphatic rings. The van der Waals surface area contributed by atoms with Crippen molar-refractivity contribution in [3.63, 3.8) is 0 Å². The summed E-state index contributed by atoms with van der Waals surface area (Å²) in [7, 11) is 1.94. The van der Waals surface area contributed by atoms with E-state index in [9.17, 15) is 9.59 Å². The fourth-order valence-electron chi connectivity index (χ4n) is 3.81. The standard InChI is InChI=1S/C22H29NO5/c1-15(27-14-17-8-7-11-26-17)21(25)28-13-16(24)12-20-22(2,3)18-9-5-6-10-19(18)23(20)4/h5-6,9-10,12,15,17H,7-8,11,13-14H2,1-4H3/b20-12-. The lowest BCUT2D eigenvalue weighted by Crippen LogP contribution is -2.29. The molecule has 6 heteroatoms. The first-order chi connectivity index (χ1) is 13.3. The van der Waals surface area contributed by atoms with Crippen LogP contribution in [-0.2, 0) is 29.2 Å². The zero-order chi connectivity index (χ0) is 20.3. The molecule has 1 fully saturated rings. The highest BCUT2D eigenvalue weighted by Gasteiger charge is 2.38. The second-order valence-corrected chi connectivity index (χ2v) is 7.92. The molecule has 0 spiro atoms. The number of anilines is 1. The first-order valence-electron chi connectivity index (χ1n) is 9.79. The Kier molecular flexibility index (Phi) is 6.20. The molecule has 1 saturated heterocycles. The van der Waals surface area contributed by atoms with Crippen LogP contribution in [0.3, 0.4) is 0 Å². The average molecular weight is 387 g/mol. The molecule has 2 heterocycles. The summed E-state index contributed by atoms with van der Waals surface area (Å²) in [4.78, 5) is 26.5. The van der Waals surface area contributed by atoms with E-state index in [1.165, 1.54) is 5.56 Å². The number of rotatable bonds is 7. The summed E-state index contributed by atoms with van der Waals surface area (Å²) in [5.74, 6) is -0.783. The Hall–Kier alpha value is -2.18.